The maximum atomic E-state index is 4.78. The lowest BCUT2D eigenvalue weighted by molar-refractivity contribution is 0.544. The molecule has 0 saturated carbocycles. The van der Waals surface area contributed by atoms with Gasteiger partial charge in [0.05, 0.1) is 17.8 Å². The second-order valence-electron chi connectivity index (χ2n) is 5.57. The van der Waals surface area contributed by atoms with Crippen LogP contribution in [0.5, 0.6) is 0 Å². The Morgan fingerprint density at radius 1 is 1.29 bits per heavy atom. The lowest BCUT2D eigenvalue weighted by Gasteiger charge is -2.05. The molecule has 4 nitrogen and oxygen atoms in total. The molecular formula is C16H20N4S. The first-order valence-electron chi connectivity index (χ1n) is 7.27. The number of para-hydroxylation sites is 1. The maximum absolute atomic E-state index is 4.78. The summed E-state index contributed by atoms with van der Waals surface area (Å²) in [5, 5.41) is 12.6. The quantitative estimate of drug-likeness (QED) is 0.759. The average molecular weight is 300 g/mol. The van der Waals surface area contributed by atoms with Crippen LogP contribution >= 0.6 is 11.3 Å². The van der Waals surface area contributed by atoms with E-state index in [1.54, 1.807) is 11.3 Å². The van der Waals surface area contributed by atoms with Gasteiger partial charge in [0, 0.05) is 23.5 Å². The van der Waals surface area contributed by atoms with Crippen molar-refractivity contribution >= 4 is 22.2 Å². The van der Waals surface area contributed by atoms with E-state index >= 15 is 0 Å². The zero-order valence-corrected chi connectivity index (χ0v) is 13.2. The summed E-state index contributed by atoms with van der Waals surface area (Å²) in [4.78, 5) is 4.36. The van der Waals surface area contributed by atoms with Gasteiger partial charge in [-0.1, -0.05) is 32.0 Å². The van der Waals surface area contributed by atoms with Crippen LogP contribution in [0.25, 0.3) is 10.9 Å². The minimum absolute atomic E-state index is 0.647. The first-order chi connectivity index (χ1) is 10.2. The van der Waals surface area contributed by atoms with Crippen molar-refractivity contribution in [3.05, 3.63) is 46.5 Å². The Morgan fingerprint density at radius 3 is 2.90 bits per heavy atom. The first kappa shape index (κ1) is 14.2. The first-order valence-corrected chi connectivity index (χ1v) is 8.15. The molecule has 2 heterocycles. The molecule has 1 aromatic carbocycles. The van der Waals surface area contributed by atoms with Gasteiger partial charge in [0.25, 0.3) is 0 Å². The minimum atomic E-state index is 0.647. The Hall–Kier alpha value is -1.72. The van der Waals surface area contributed by atoms with E-state index in [0.29, 0.717) is 5.92 Å². The van der Waals surface area contributed by atoms with Crippen LogP contribution in [0.4, 0.5) is 0 Å². The molecular weight excluding hydrogens is 280 g/mol. The van der Waals surface area contributed by atoms with Gasteiger partial charge in [0.2, 0.25) is 0 Å². The van der Waals surface area contributed by atoms with Crippen molar-refractivity contribution in [2.75, 3.05) is 6.54 Å². The fourth-order valence-corrected chi connectivity index (χ4v) is 2.98. The smallest absolute Gasteiger partial charge is 0.114 e. The van der Waals surface area contributed by atoms with E-state index in [0.717, 1.165) is 30.3 Å². The number of thiazole rings is 1. The lowest BCUT2D eigenvalue weighted by atomic mass is 10.2. The van der Waals surface area contributed by atoms with Gasteiger partial charge in [0.1, 0.15) is 5.01 Å². The molecule has 5 heteroatoms. The zero-order chi connectivity index (χ0) is 14.7. The van der Waals surface area contributed by atoms with Crippen LogP contribution in [0, 0.1) is 5.92 Å². The molecule has 0 spiro atoms. The third-order valence-corrected chi connectivity index (χ3v) is 4.11. The number of hydrogen-bond acceptors (Lipinski definition) is 4. The highest BCUT2D eigenvalue weighted by Gasteiger charge is 2.11. The van der Waals surface area contributed by atoms with Gasteiger partial charge < -0.3 is 5.32 Å². The molecule has 2 aromatic heterocycles. The molecule has 21 heavy (non-hydrogen) atoms. The van der Waals surface area contributed by atoms with Crippen LogP contribution in [-0.2, 0) is 13.1 Å². The van der Waals surface area contributed by atoms with Crippen LogP contribution in [0.15, 0.2) is 35.8 Å². The summed E-state index contributed by atoms with van der Waals surface area (Å²) in [7, 11) is 0. The largest absolute Gasteiger partial charge is 0.311 e. The summed E-state index contributed by atoms with van der Waals surface area (Å²) in [5.74, 6) is 0.647. The molecule has 0 fully saturated rings. The van der Waals surface area contributed by atoms with Crippen LogP contribution in [0.3, 0.4) is 0 Å². The van der Waals surface area contributed by atoms with Gasteiger partial charge in [-0.3, -0.25) is 4.68 Å². The van der Waals surface area contributed by atoms with E-state index in [9.17, 15) is 0 Å². The van der Waals surface area contributed by atoms with Crippen LogP contribution in [0.1, 0.15) is 24.5 Å². The predicted octanol–water partition coefficient (Wildman–Crippen LogP) is 3.29. The molecule has 0 radical (unpaired) electrons. The highest BCUT2D eigenvalue weighted by atomic mass is 32.1. The Balaban J connectivity index is 1.86. The molecule has 0 aliphatic carbocycles. The molecule has 0 amide bonds. The van der Waals surface area contributed by atoms with Gasteiger partial charge >= 0.3 is 0 Å². The third kappa shape index (κ3) is 3.31. The molecule has 0 saturated heterocycles. The Kier molecular flexibility index (Phi) is 4.31. The molecule has 3 aromatic rings. The van der Waals surface area contributed by atoms with Crippen molar-refractivity contribution in [1.82, 2.24) is 20.1 Å². The van der Waals surface area contributed by atoms with Crippen molar-refractivity contribution in [3.8, 4) is 0 Å². The van der Waals surface area contributed by atoms with Crippen molar-refractivity contribution in [2.24, 2.45) is 5.92 Å². The summed E-state index contributed by atoms with van der Waals surface area (Å²) >= 11 is 1.67. The van der Waals surface area contributed by atoms with Gasteiger partial charge in [-0.05, 0) is 18.5 Å². The minimum Gasteiger partial charge on any atom is -0.311 e. The highest BCUT2D eigenvalue weighted by molar-refractivity contribution is 7.09. The predicted molar refractivity (Wildman–Crippen MR) is 87.5 cm³/mol. The van der Waals surface area contributed by atoms with Crippen LogP contribution < -0.4 is 5.32 Å². The fraction of sp³-hybridized carbons (Fsp3) is 0.375. The number of hydrogen-bond donors (Lipinski definition) is 1. The lowest BCUT2D eigenvalue weighted by Crippen LogP contribution is -2.19. The third-order valence-electron chi connectivity index (χ3n) is 3.35. The highest BCUT2D eigenvalue weighted by Crippen LogP contribution is 2.20. The van der Waals surface area contributed by atoms with Crippen LogP contribution in [0.2, 0.25) is 0 Å². The molecule has 110 valence electrons. The molecule has 0 aliphatic rings. The van der Waals surface area contributed by atoms with Crippen molar-refractivity contribution in [3.63, 3.8) is 0 Å². The average Bonchev–Trinajstić information content (AvgIpc) is 3.09. The summed E-state index contributed by atoms with van der Waals surface area (Å²) < 4.78 is 2.06. The zero-order valence-electron chi connectivity index (χ0n) is 12.4. The van der Waals surface area contributed by atoms with E-state index in [4.69, 9.17) is 5.10 Å². The summed E-state index contributed by atoms with van der Waals surface area (Å²) in [6.07, 6.45) is 1.84. The number of nitrogens with zero attached hydrogens (tertiary/aromatic N) is 3. The Bertz CT molecular complexity index is 700. The number of nitrogens with one attached hydrogen (secondary N) is 1. The van der Waals surface area contributed by atoms with Crippen LogP contribution in [-0.4, -0.2) is 21.3 Å². The molecule has 3 rings (SSSR count). The number of rotatable bonds is 6. The molecule has 0 atom stereocenters. The van der Waals surface area contributed by atoms with E-state index < -0.39 is 0 Å². The van der Waals surface area contributed by atoms with E-state index in [2.05, 4.69) is 53.1 Å². The van der Waals surface area contributed by atoms with Crippen molar-refractivity contribution in [1.29, 1.82) is 0 Å². The fourth-order valence-electron chi connectivity index (χ4n) is 2.39. The molecule has 0 bridgehead atoms. The van der Waals surface area contributed by atoms with Crippen molar-refractivity contribution in [2.45, 2.75) is 26.9 Å². The summed E-state index contributed by atoms with van der Waals surface area (Å²) in [6.45, 7) is 6.98. The second-order valence-corrected chi connectivity index (χ2v) is 6.55. The van der Waals surface area contributed by atoms with E-state index in [1.807, 2.05) is 11.6 Å². The maximum Gasteiger partial charge on any atom is 0.114 e. The normalized spacial score (nSPS) is 11.6. The number of fused-ring (bicyclic) bond motifs is 1. The second kappa shape index (κ2) is 6.37. The summed E-state index contributed by atoms with van der Waals surface area (Å²) in [5.41, 5.74) is 2.29. The number of aromatic nitrogens is 3. The molecule has 1 N–H and O–H groups in total. The van der Waals surface area contributed by atoms with E-state index in [1.165, 1.54) is 10.9 Å². The molecule has 0 unspecified atom stereocenters. The molecule has 0 aliphatic heterocycles. The Morgan fingerprint density at radius 2 is 2.14 bits per heavy atom. The number of benzene rings is 1. The SMILES string of the molecule is CC(C)CNCc1nn(Cc2nccs2)c2ccccc12. The summed E-state index contributed by atoms with van der Waals surface area (Å²) in [6, 6.07) is 8.41. The standard InChI is InChI=1S/C16H20N4S/c1-12(2)9-17-10-14-13-5-3-4-6-15(13)20(19-14)11-16-18-7-8-21-16/h3-8,12,17H,9-11H2,1-2H3. The van der Waals surface area contributed by atoms with Gasteiger partial charge in [-0.15, -0.1) is 11.3 Å². The monoisotopic (exact) mass is 300 g/mol. The Labute approximate surface area is 128 Å². The van der Waals surface area contributed by atoms with Gasteiger partial charge in [0.15, 0.2) is 0 Å². The van der Waals surface area contributed by atoms with Gasteiger partial charge in [-0.2, -0.15) is 5.10 Å². The van der Waals surface area contributed by atoms with Crippen molar-refractivity contribution < 1.29 is 0 Å². The van der Waals surface area contributed by atoms with Gasteiger partial charge in [-0.25, -0.2) is 4.98 Å². The van der Waals surface area contributed by atoms with E-state index in [-0.39, 0.29) is 0 Å². The topological polar surface area (TPSA) is 42.7 Å².